The van der Waals surface area contributed by atoms with E-state index in [0.29, 0.717) is 11.0 Å². The molecule has 0 bridgehead atoms. The largest absolute Gasteiger partial charge is 0.490 e. The number of aromatic nitrogens is 2. The van der Waals surface area contributed by atoms with Gasteiger partial charge in [0.1, 0.15) is 11.2 Å². The van der Waals surface area contributed by atoms with Crippen LogP contribution in [0.1, 0.15) is 49.0 Å². The summed E-state index contributed by atoms with van der Waals surface area (Å²) in [6.45, 7) is 1.96. The number of nitrogens with two attached hydrogens (primary N) is 1. The highest BCUT2D eigenvalue weighted by atomic mass is 19.4. The quantitative estimate of drug-likeness (QED) is 0.719. The summed E-state index contributed by atoms with van der Waals surface area (Å²) in [7, 11) is 0. The molecule has 0 aromatic carbocycles. The molecule has 8 nitrogen and oxygen atoms in total. The lowest BCUT2D eigenvalue weighted by Gasteiger charge is -2.29. The van der Waals surface area contributed by atoms with Gasteiger partial charge in [-0.25, -0.2) is 14.6 Å². The van der Waals surface area contributed by atoms with E-state index in [-0.39, 0.29) is 29.7 Å². The first-order valence-corrected chi connectivity index (χ1v) is 9.28. The van der Waals surface area contributed by atoms with Gasteiger partial charge < -0.3 is 20.1 Å². The summed E-state index contributed by atoms with van der Waals surface area (Å²) in [5.41, 5.74) is 6.34. The van der Waals surface area contributed by atoms with Crippen LogP contribution in [0.15, 0.2) is 29.3 Å². The SMILES string of the molecule is CCOC(=O)c1cn(C2CCC(N)CC2)c2ncccc2c1=O.O=C(O)C(F)(F)F. The fourth-order valence-corrected chi connectivity index (χ4v) is 3.20. The van der Waals surface area contributed by atoms with Gasteiger partial charge in [0.15, 0.2) is 0 Å². The average molecular weight is 429 g/mol. The zero-order valence-corrected chi connectivity index (χ0v) is 16.2. The van der Waals surface area contributed by atoms with Gasteiger partial charge in [0, 0.05) is 24.5 Å². The molecule has 0 amide bonds. The summed E-state index contributed by atoms with van der Waals surface area (Å²) >= 11 is 0. The minimum Gasteiger partial charge on any atom is -0.475 e. The Labute approximate surface area is 169 Å². The lowest BCUT2D eigenvalue weighted by Crippen LogP contribution is -2.29. The number of carboxylic acid groups (broad SMARTS) is 1. The van der Waals surface area contributed by atoms with Gasteiger partial charge in [-0.15, -0.1) is 0 Å². The molecule has 0 atom stereocenters. The number of aliphatic carboxylic acids is 1. The lowest BCUT2D eigenvalue weighted by atomic mass is 9.91. The van der Waals surface area contributed by atoms with Gasteiger partial charge in [-0.05, 0) is 44.7 Å². The predicted molar refractivity (Wildman–Crippen MR) is 101 cm³/mol. The van der Waals surface area contributed by atoms with E-state index >= 15 is 0 Å². The molecule has 0 aliphatic heterocycles. The first-order chi connectivity index (χ1) is 14.1. The molecule has 0 unspecified atom stereocenters. The molecule has 1 saturated carbocycles. The highest BCUT2D eigenvalue weighted by Gasteiger charge is 2.38. The van der Waals surface area contributed by atoms with Crippen LogP contribution in [0.3, 0.4) is 0 Å². The van der Waals surface area contributed by atoms with Crippen molar-refractivity contribution in [2.75, 3.05) is 6.61 Å². The van der Waals surface area contributed by atoms with Crippen LogP contribution in [0.2, 0.25) is 0 Å². The first kappa shape index (κ1) is 23.3. The van der Waals surface area contributed by atoms with Crippen molar-refractivity contribution in [3.8, 4) is 0 Å². The number of carboxylic acids is 1. The normalized spacial score (nSPS) is 19.0. The Hall–Kier alpha value is -2.95. The maximum Gasteiger partial charge on any atom is 0.490 e. The predicted octanol–water partition coefficient (Wildman–Crippen LogP) is 2.65. The number of carbonyl (C=O) groups is 2. The Morgan fingerprint density at radius 1 is 1.30 bits per heavy atom. The van der Waals surface area contributed by atoms with Crippen molar-refractivity contribution in [2.24, 2.45) is 5.73 Å². The number of hydrogen-bond donors (Lipinski definition) is 2. The van der Waals surface area contributed by atoms with E-state index < -0.39 is 18.1 Å². The number of nitrogens with zero attached hydrogens (tertiary/aromatic N) is 2. The average Bonchev–Trinajstić information content (AvgIpc) is 2.69. The number of esters is 1. The van der Waals surface area contributed by atoms with Gasteiger partial charge in [-0.2, -0.15) is 13.2 Å². The molecule has 164 valence electrons. The number of ether oxygens (including phenoxy) is 1. The Morgan fingerprint density at radius 3 is 2.43 bits per heavy atom. The highest BCUT2D eigenvalue weighted by Crippen LogP contribution is 2.29. The zero-order valence-electron chi connectivity index (χ0n) is 16.2. The molecule has 1 fully saturated rings. The van der Waals surface area contributed by atoms with Crippen LogP contribution in [0.25, 0.3) is 11.0 Å². The summed E-state index contributed by atoms with van der Waals surface area (Å²) in [5, 5.41) is 7.58. The fraction of sp³-hybridized carbons (Fsp3) is 0.474. The van der Waals surface area contributed by atoms with Gasteiger partial charge in [-0.3, -0.25) is 4.79 Å². The van der Waals surface area contributed by atoms with Crippen LogP contribution >= 0.6 is 0 Å². The molecule has 1 aliphatic carbocycles. The van der Waals surface area contributed by atoms with E-state index in [4.69, 9.17) is 20.4 Å². The van der Waals surface area contributed by atoms with Crippen LogP contribution in [0.5, 0.6) is 0 Å². The van der Waals surface area contributed by atoms with Crippen molar-refractivity contribution >= 4 is 23.0 Å². The Bertz CT molecular complexity index is 966. The second-order valence-corrected chi connectivity index (χ2v) is 6.75. The number of halogens is 3. The van der Waals surface area contributed by atoms with Crippen LogP contribution in [0, 0.1) is 0 Å². The Kier molecular flexibility index (Phi) is 7.54. The second kappa shape index (κ2) is 9.70. The number of pyridine rings is 2. The molecule has 2 aromatic heterocycles. The second-order valence-electron chi connectivity index (χ2n) is 6.75. The Balaban J connectivity index is 0.000000396. The van der Waals surface area contributed by atoms with Gasteiger partial charge >= 0.3 is 18.1 Å². The Morgan fingerprint density at radius 2 is 1.90 bits per heavy atom. The van der Waals surface area contributed by atoms with Crippen LogP contribution in [0.4, 0.5) is 13.2 Å². The molecule has 3 N–H and O–H groups in total. The van der Waals surface area contributed by atoms with Crippen molar-refractivity contribution < 1.29 is 32.6 Å². The number of fused-ring (bicyclic) bond motifs is 1. The molecular weight excluding hydrogens is 407 g/mol. The smallest absolute Gasteiger partial charge is 0.475 e. The summed E-state index contributed by atoms with van der Waals surface area (Å²) in [5.74, 6) is -3.34. The molecule has 0 radical (unpaired) electrons. The molecule has 2 heterocycles. The standard InChI is InChI=1S/C17H21N3O3.C2HF3O2/c1-2-23-17(22)14-10-20(12-7-5-11(18)6-8-12)16-13(15(14)21)4-3-9-19-16;3-2(4,5)1(6)7/h3-4,9-12H,2,5-8,18H2,1H3;(H,6,7). The maximum absolute atomic E-state index is 12.6. The number of hydrogen-bond acceptors (Lipinski definition) is 6. The van der Waals surface area contributed by atoms with Crippen molar-refractivity contribution in [1.29, 1.82) is 0 Å². The molecule has 0 spiro atoms. The van der Waals surface area contributed by atoms with Crippen LogP contribution < -0.4 is 11.2 Å². The minimum absolute atomic E-state index is 0.0715. The third kappa shape index (κ3) is 5.56. The van der Waals surface area contributed by atoms with Crippen LogP contribution in [-0.4, -0.2) is 45.4 Å². The van der Waals surface area contributed by atoms with Crippen molar-refractivity contribution in [3.63, 3.8) is 0 Å². The summed E-state index contributed by atoms with van der Waals surface area (Å²) in [6.07, 6.45) is 1.88. The third-order valence-electron chi connectivity index (χ3n) is 4.66. The molecule has 3 rings (SSSR count). The van der Waals surface area contributed by atoms with Gasteiger partial charge in [0.2, 0.25) is 5.43 Å². The number of rotatable bonds is 3. The van der Waals surface area contributed by atoms with E-state index in [2.05, 4.69) is 4.98 Å². The van der Waals surface area contributed by atoms with Gasteiger partial charge in [0.05, 0.1) is 12.0 Å². The zero-order chi connectivity index (χ0) is 22.5. The molecule has 11 heteroatoms. The summed E-state index contributed by atoms with van der Waals surface area (Å²) in [6, 6.07) is 3.84. The fourth-order valence-electron chi connectivity index (χ4n) is 3.20. The summed E-state index contributed by atoms with van der Waals surface area (Å²) in [4.78, 5) is 37.9. The monoisotopic (exact) mass is 429 g/mol. The third-order valence-corrected chi connectivity index (χ3v) is 4.66. The molecule has 30 heavy (non-hydrogen) atoms. The number of carbonyl (C=O) groups excluding carboxylic acids is 1. The van der Waals surface area contributed by atoms with Crippen molar-refractivity contribution in [3.05, 3.63) is 40.3 Å². The lowest BCUT2D eigenvalue weighted by molar-refractivity contribution is -0.192. The molecule has 2 aromatic rings. The minimum atomic E-state index is -5.08. The number of alkyl halides is 3. The molecule has 1 aliphatic rings. The van der Waals surface area contributed by atoms with E-state index in [0.717, 1.165) is 25.7 Å². The highest BCUT2D eigenvalue weighted by molar-refractivity contribution is 5.93. The van der Waals surface area contributed by atoms with E-state index in [1.54, 1.807) is 31.5 Å². The first-order valence-electron chi connectivity index (χ1n) is 9.28. The maximum atomic E-state index is 12.6. The van der Waals surface area contributed by atoms with Crippen molar-refractivity contribution in [2.45, 2.75) is 50.9 Å². The topological polar surface area (TPSA) is 125 Å². The van der Waals surface area contributed by atoms with E-state index in [9.17, 15) is 22.8 Å². The molecular formula is C19H22F3N3O5. The summed E-state index contributed by atoms with van der Waals surface area (Å²) < 4.78 is 38.7. The van der Waals surface area contributed by atoms with Crippen LogP contribution in [-0.2, 0) is 9.53 Å². The van der Waals surface area contributed by atoms with Gasteiger partial charge in [0.25, 0.3) is 0 Å². The van der Waals surface area contributed by atoms with E-state index in [1.807, 2.05) is 4.57 Å². The van der Waals surface area contributed by atoms with E-state index in [1.165, 1.54) is 0 Å². The molecule has 0 saturated heterocycles. The van der Waals surface area contributed by atoms with Crippen molar-refractivity contribution in [1.82, 2.24) is 9.55 Å². The van der Waals surface area contributed by atoms with Gasteiger partial charge in [-0.1, -0.05) is 0 Å².